The summed E-state index contributed by atoms with van der Waals surface area (Å²) in [5.41, 5.74) is -3.04. The molecule has 2 aliphatic heterocycles. The van der Waals surface area contributed by atoms with Gasteiger partial charge in [0, 0.05) is 6.42 Å². The van der Waals surface area contributed by atoms with Gasteiger partial charge in [-0.25, -0.2) is 0 Å². The summed E-state index contributed by atoms with van der Waals surface area (Å²) in [6.07, 6.45) is 6.33. The Balaban J connectivity index is 1.94. The molecule has 2 bridgehead atoms. The molecule has 34 heavy (non-hydrogen) atoms. The number of hydrogen-bond acceptors (Lipinski definition) is 7. The third kappa shape index (κ3) is 3.81. The smallest absolute Gasteiger partial charge is 0.217 e. The summed E-state index contributed by atoms with van der Waals surface area (Å²) < 4.78 is 18.3. The average Bonchev–Trinajstić information content (AvgIpc) is 3.04. The number of nitriles is 3. The van der Waals surface area contributed by atoms with E-state index in [0.29, 0.717) is 37.2 Å². The van der Waals surface area contributed by atoms with Gasteiger partial charge in [0.25, 0.3) is 0 Å². The molecule has 0 amide bonds. The molecule has 2 aliphatic rings. The molecule has 3 rings (SSSR count). The largest absolute Gasteiger partial charge is 0.494 e. The first-order valence-electron chi connectivity index (χ1n) is 12.4. The Hall–Kier alpha value is -3.08. The molecule has 7 nitrogen and oxygen atoms in total. The highest BCUT2D eigenvalue weighted by molar-refractivity contribution is 5.89. The van der Waals surface area contributed by atoms with Gasteiger partial charge in [0.2, 0.25) is 17.1 Å². The highest BCUT2D eigenvalue weighted by atomic mass is 16.7. The fourth-order valence-corrected chi connectivity index (χ4v) is 5.61. The van der Waals surface area contributed by atoms with Gasteiger partial charge in [0.15, 0.2) is 5.41 Å². The predicted molar refractivity (Wildman–Crippen MR) is 126 cm³/mol. The molecule has 2 saturated heterocycles. The van der Waals surface area contributed by atoms with Crippen molar-refractivity contribution in [3.05, 3.63) is 29.8 Å². The van der Waals surface area contributed by atoms with E-state index in [1.165, 1.54) is 19.3 Å². The highest BCUT2D eigenvalue weighted by Gasteiger charge is 2.79. The Morgan fingerprint density at radius 1 is 0.941 bits per heavy atom. The second kappa shape index (κ2) is 10.5. The fourth-order valence-electron chi connectivity index (χ4n) is 5.61. The SMILES string of the molecule is CCCCCCCOc1ccc(C2OC3(CCC)OC(=N)C(C#N)(C3CC)C2(C#N)C#N)cc1. The molecule has 0 saturated carbocycles. The summed E-state index contributed by atoms with van der Waals surface area (Å²) in [6, 6.07) is 13.6. The Labute approximate surface area is 202 Å². The number of nitrogens with zero attached hydrogens (tertiary/aromatic N) is 3. The molecule has 180 valence electrons. The maximum absolute atomic E-state index is 10.4. The zero-order valence-corrected chi connectivity index (χ0v) is 20.4. The van der Waals surface area contributed by atoms with Crippen LogP contribution in [0.15, 0.2) is 24.3 Å². The van der Waals surface area contributed by atoms with Crippen molar-refractivity contribution in [2.75, 3.05) is 6.61 Å². The monoisotopic (exact) mass is 462 g/mol. The van der Waals surface area contributed by atoms with Crippen LogP contribution in [0.5, 0.6) is 5.75 Å². The molecule has 4 unspecified atom stereocenters. The lowest BCUT2D eigenvalue weighted by Crippen LogP contribution is -2.59. The van der Waals surface area contributed by atoms with E-state index in [-0.39, 0.29) is 5.90 Å². The quantitative estimate of drug-likeness (QED) is 0.392. The molecule has 7 heteroatoms. The van der Waals surface area contributed by atoms with Crippen molar-refractivity contribution in [2.45, 2.75) is 84.0 Å². The maximum Gasteiger partial charge on any atom is 0.217 e. The van der Waals surface area contributed by atoms with Crippen molar-refractivity contribution in [2.24, 2.45) is 16.7 Å². The predicted octanol–water partition coefficient (Wildman–Crippen LogP) is 6.18. The third-order valence-corrected chi connectivity index (χ3v) is 7.25. The number of rotatable bonds is 11. The van der Waals surface area contributed by atoms with E-state index in [4.69, 9.17) is 19.6 Å². The molecule has 1 N–H and O–H groups in total. The minimum Gasteiger partial charge on any atom is -0.494 e. The number of fused-ring (bicyclic) bond motifs is 2. The zero-order chi connectivity index (χ0) is 24.8. The summed E-state index contributed by atoms with van der Waals surface area (Å²) >= 11 is 0. The summed E-state index contributed by atoms with van der Waals surface area (Å²) in [5, 5.41) is 39.6. The van der Waals surface area contributed by atoms with Gasteiger partial charge in [-0.3, -0.25) is 5.41 Å². The lowest BCUT2D eigenvalue weighted by Gasteiger charge is -2.49. The summed E-state index contributed by atoms with van der Waals surface area (Å²) in [7, 11) is 0. The Morgan fingerprint density at radius 2 is 1.62 bits per heavy atom. The van der Waals surface area contributed by atoms with Crippen molar-refractivity contribution >= 4 is 5.90 Å². The van der Waals surface area contributed by atoms with Crippen LogP contribution in [0.3, 0.4) is 0 Å². The standard InChI is InChI=1S/C27H34N4O3/c1-4-7-8-9-10-16-32-21-13-11-20(12-14-21)23-25(17-28,18-29)26(19-30)22(6-3)27(33-23,15-5-2)34-24(26)31/h11-14,22-23,31H,4-10,15-16H2,1-3H3. The first-order chi connectivity index (χ1) is 16.4. The van der Waals surface area contributed by atoms with Crippen molar-refractivity contribution in [1.29, 1.82) is 21.2 Å². The Kier molecular flexibility index (Phi) is 7.86. The van der Waals surface area contributed by atoms with E-state index in [9.17, 15) is 15.8 Å². The van der Waals surface area contributed by atoms with Crippen LogP contribution in [-0.2, 0) is 9.47 Å². The fraction of sp³-hybridized carbons (Fsp3) is 0.630. The molecular weight excluding hydrogens is 428 g/mol. The van der Waals surface area contributed by atoms with Crippen LogP contribution in [0.2, 0.25) is 0 Å². The number of benzene rings is 1. The molecular formula is C27H34N4O3. The van der Waals surface area contributed by atoms with E-state index in [1.54, 1.807) is 24.3 Å². The number of nitrogens with one attached hydrogen (secondary N) is 1. The van der Waals surface area contributed by atoms with Gasteiger partial charge < -0.3 is 14.2 Å². The van der Waals surface area contributed by atoms with Gasteiger partial charge in [-0.1, -0.05) is 58.6 Å². The second-order valence-electron chi connectivity index (χ2n) is 9.23. The minimum atomic E-state index is -1.92. The highest BCUT2D eigenvalue weighted by Crippen LogP contribution is 2.68. The number of hydrogen-bond donors (Lipinski definition) is 1. The van der Waals surface area contributed by atoms with Crippen LogP contribution >= 0.6 is 0 Å². The van der Waals surface area contributed by atoms with Gasteiger partial charge >= 0.3 is 0 Å². The summed E-state index contributed by atoms with van der Waals surface area (Å²) in [5.74, 6) is -1.45. The van der Waals surface area contributed by atoms with Crippen LogP contribution in [0.4, 0.5) is 0 Å². The topological polar surface area (TPSA) is 123 Å². The lowest BCUT2D eigenvalue weighted by atomic mass is 9.52. The lowest BCUT2D eigenvalue weighted by molar-refractivity contribution is -0.286. The second-order valence-corrected chi connectivity index (χ2v) is 9.23. The molecule has 2 heterocycles. The van der Waals surface area contributed by atoms with Crippen LogP contribution in [0, 0.1) is 56.2 Å². The van der Waals surface area contributed by atoms with Gasteiger partial charge in [0.1, 0.15) is 11.9 Å². The summed E-state index contributed by atoms with van der Waals surface area (Å²) in [4.78, 5) is 0. The van der Waals surface area contributed by atoms with Crippen LogP contribution < -0.4 is 4.74 Å². The molecule has 4 atom stereocenters. The van der Waals surface area contributed by atoms with Gasteiger partial charge in [0.05, 0.1) is 30.7 Å². The number of unbranched alkanes of at least 4 members (excludes halogenated alkanes) is 4. The number of ether oxygens (including phenoxy) is 3. The van der Waals surface area contributed by atoms with Crippen molar-refractivity contribution in [3.8, 4) is 24.0 Å². The van der Waals surface area contributed by atoms with Crippen LogP contribution in [0.25, 0.3) is 0 Å². The van der Waals surface area contributed by atoms with Crippen LogP contribution in [-0.4, -0.2) is 18.3 Å². The maximum atomic E-state index is 10.4. The van der Waals surface area contributed by atoms with E-state index in [0.717, 1.165) is 12.8 Å². The van der Waals surface area contributed by atoms with E-state index in [1.807, 2.05) is 13.8 Å². The van der Waals surface area contributed by atoms with Crippen molar-refractivity contribution < 1.29 is 14.2 Å². The van der Waals surface area contributed by atoms with E-state index >= 15 is 0 Å². The van der Waals surface area contributed by atoms with Gasteiger partial charge in [-0.05, 0) is 37.0 Å². The van der Waals surface area contributed by atoms with Gasteiger partial charge in [-0.15, -0.1) is 0 Å². The van der Waals surface area contributed by atoms with Crippen molar-refractivity contribution in [1.82, 2.24) is 0 Å². The molecule has 0 spiro atoms. The molecule has 0 aliphatic carbocycles. The molecule has 0 radical (unpaired) electrons. The Bertz CT molecular complexity index is 989. The third-order valence-electron chi connectivity index (χ3n) is 7.25. The zero-order valence-electron chi connectivity index (χ0n) is 20.4. The normalized spacial score (nSPS) is 28.9. The molecule has 0 aromatic heterocycles. The first-order valence-corrected chi connectivity index (χ1v) is 12.4. The summed E-state index contributed by atoms with van der Waals surface area (Å²) in [6.45, 7) is 6.67. The average molecular weight is 463 g/mol. The van der Waals surface area contributed by atoms with Crippen molar-refractivity contribution in [3.63, 3.8) is 0 Å². The minimum absolute atomic E-state index is 0.344. The molecule has 1 aromatic carbocycles. The molecule has 2 fully saturated rings. The Morgan fingerprint density at radius 3 is 2.18 bits per heavy atom. The van der Waals surface area contributed by atoms with E-state index < -0.39 is 28.6 Å². The first kappa shape index (κ1) is 25.5. The van der Waals surface area contributed by atoms with Crippen LogP contribution in [0.1, 0.15) is 83.8 Å². The van der Waals surface area contributed by atoms with E-state index in [2.05, 4.69) is 25.1 Å². The molecule has 1 aromatic rings. The van der Waals surface area contributed by atoms with Gasteiger partial charge in [-0.2, -0.15) is 15.8 Å².